The number of aliphatic hydroxyl groups is 1. The number of aromatic nitrogens is 2. The predicted octanol–water partition coefficient (Wildman–Crippen LogP) is 3.10. The van der Waals surface area contributed by atoms with Crippen molar-refractivity contribution in [3.63, 3.8) is 0 Å². The smallest absolute Gasteiger partial charge is 0.309 e. The largest absolute Gasteiger partial charge is 0.460 e. The van der Waals surface area contributed by atoms with Crippen LogP contribution >= 0.6 is 11.6 Å². The Balaban J connectivity index is 1.46. The van der Waals surface area contributed by atoms with Gasteiger partial charge in [-0.2, -0.15) is 0 Å². The normalized spacial score (nSPS) is 22.2. The Morgan fingerprint density at radius 2 is 2.00 bits per heavy atom. The first-order chi connectivity index (χ1) is 17.8. The molecule has 194 valence electrons. The average molecular weight is 526 g/mol. The van der Waals surface area contributed by atoms with Gasteiger partial charge in [0.25, 0.3) is 5.56 Å². The molecule has 6 rings (SSSR count). The van der Waals surface area contributed by atoms with Crippen LogP contribution in [0.3, 0.4) is 0 Å². The molecule has 10 heteroatoms. The standard InChI is InChI=1S/C27H28ClN3O6/c1-3-27(34)12-23(32)37-14-18-19(27)10-22-24-16(13-31(22)25(18)33)8-15-9-17(20(28)11-21(15)29-24)26(35-2)30-4-6-36-7-5-30/h8-11,26,34H,3-7,12-14H2,1-2H3. The van der Waals surface area contributed by atoms with E-state index in [2.05, 4.69) is 4.90 Å². The minimum Gasteiger partial charge on any atom is -0.460 e. The zero-order valence-corrected chi connectivity index (χ0v) is 21.5. The number of cyclic esters (lactones) is 1. The molecular weight excluding hydrogens is 498 g/mol. The summed E-state index contributed by atoms with van der Waals surface area (Å²) in [7, 11) is 1.67. The minimum atomic E-state index is -1.47. The number of esters is 1. The molecule has 9 nitrogen and oxygen atoms in total. The Morgan fingerprint density at radius 3 is 2.73 bits per heavy atom. The van der Waals surface area contributed by atoms with Crippen molar-refractivity contribution in [3.8, 4) is 11.4 Å². The fraction of sp³-hybridized carbons (Fsp3) is 0.444. The second kappa shape index (κ2) is 9.18. The first kappa shape index (κ1) is 24.5. The van der Waals surface area contributed by atoms with Gasteiger partial charge in [-0.3, -0.25) is 14.5 Å². The molecule has 5 heterocycles. The summed E-state index contributed by atoms with van der Waals surface area (Å²) in [4.78, 5) is 32.7. The third-order valence-electron chi connectivity index (χ3n) is 7.75. The molecule has 0 saturated carbocycles. The highest BCUT2D eigenvalue weighted by Crippen LogP contribution is 2.40. The van der Waals surface area contributed by atoms with Crippen LogP contribution in [0.1, 0.15) is 48.2 Å². The Labute approximate surface area is 218 Å². The van der Waals surface area contributed by atoms with Crippen LogP contribution in [0.2, 0.25) is 5.02 Å². The van der Waals surface area contributed by atoms with E-state index in [9.17, 15) is 14.7 Å². The van der Waals surface area contributed by atoms with E-state index in [1.165, 1.54) is 0 Å². The lowest BCUT2D eigenvalue weighted by molar-refractivity contribution is -0.149. The number of hydrogen-bond donors (Lipinski definition) is 1. The fourth-order valence-electron chi connectivity index (χ4n) is 5.69. The van der Waals surface area contributed by atoms with Crippen LogP contribution in [-0.2, 0) is 37.8 Å². The molecule has 1 N–H and O–H groups in total. The molecule has 2 atom stereocenters. The molecule has 3 aliphatic rings. The van der Waals surface area contributed by atoms with Gasteiger partial charge in [-0.1, -0.05) is 18.5 Å². The third-order valence-corrected chi connectivity index (χ3v) is 8.08. The lowest BCUT2D eigenvalue weighted by Gasteiger charge is -2.34. The van der Waals surface area contributed by atoms with E-state index >= 15 is 0 Å². The van der Waals surface area contributed by atoms with Crippen LogP contribution in [-0.4, -0.2) is 58.9 Å². The molecule has 2 unspecified atom stereocenters. The number of halogens is 1. The number of hydrogen-bond acceptors (Lipinski definition) is 8. The number of nitrogens with zero attached hydrogens (tertiary/aromatic N) is 3. The van der Waals surface area contributed by atoms with Gasteiger partial charge in [-0.15, -0.1) is 0 Å². The highest BCUT2D eigenvalue weighted by Gasteiger charge is 2.39. The second-order valence-corrected chi connectivity index (χ2v) is 10.2. The van der Waals surface area contributed by atoms with Gasteiger partial charge in [0.15, 0.2) is 0 Å². The van der Waals surface area contributed by atoms with Crippen molar-refractivity contribution >= 4 is 28.5 Å². The van der Waals surface area contributed by atoms with E-state index in [0.29, 0.717) is 52.8 Å². The van der Waals surface area contributed by atoms with Gasteiger partial charge in [0.1, 0.15) is 18.4 Å². The summed E-state index contributed by atoms with van der Waals surface area (Å²) in [5.74, 6) is -0.522. The van der Waals surface area contributed by atoms with Crippen LogP contribution in [0, 0.1) is 0 Å². The van der Waals surface area contributed by atoms with Crippen molar-refractivity contribution in [2.75, 3.05) is 33.4 Å². The van der Waals surface area contributed by atoms with Crippen LogP contribution in [0.15, 0.2) is 29.1 Å². The Bertz CT molecular complexity index is 1480. The monoisotopic (exact) mass is 525 g/mol. The lowest BCUT2D eigenvalue weighted by Crippen LogP contribution is -2.39. The number of morpholine rings is 1. The summed E-state index contributed by atoms with van der Waals surface area (Å²) in [6, 6.07) is 7.67. The number of rotatable bonds is 4. The molecular formula is C27H28ClN3O6. The molecule has 3 aromatic rings. The zero-order valence-electron chi connectivity index (χ0n) is 20.8. The van der Waals surface area contributed by atoms with Gasteiger partial charge >= 0.3 is 5.97 Å². The van der Waals surface area contributed by atoms with Gasteiger partial charge in [-0.25, -0.2) is 4.98 Å². The topological polar surface area (TPSA) is 103 Å². The molecule has 1 aromatic carbocycles. The number of fused-ring (bicyclic) bond motifs is 5. The number of pyridine rings is 2. The molecule has 1 saturated heterocycles. The molecule has 2 aromatic heterocycles. The van der Waals surface area contributed by atoms with Crippen molar-refractivity contribution in [1.29, 1.82) is 0 Å². The minimum absolute atomic E-state index is 0.153. The van der Waals surface area contributed by atoms with Crippen molar-refractivity contribution in [2.45, 2.75) is 44.7 Å². The molecule has 0 aliphatic carbocycles. The van der Waals surface area contributed by atoms with E-state index < -0.39 is 11.6 Å². The van der Waals surface area contributed by atoms with Crippen molar-refractivity contribution < 1.29 is 24.1 Å². The third kappa shape index (κ3) is 3.97. The van der Waals surface area contributed by atoms with Crippen LogP contribution in [0.4, 0.5) is 0 Å². The molecule has 3 aliphatic heterocycles. The van der Waals surface area contributed by atoms with Gasteiger partial charge < -0.3 is 23.9 Å². The summed E-state index contributed by atoms with van der Waals surface area (Å²) in [6.07, 6.45) is -0.225. The lowest BCUT2D eigenvalue weighted by atomic mass is 9.85. The predicted molar refractivity (Wildman–Crippen MR) is 136 cm³/mol. The molecule has 0 radical (unpaired) electrons. The number of benzene rings is 1. The number of carbonyl (C=O) groups excluding carboxylic acids is 1. The summed E-state index contributed by atoms with van der Waals surface area (Å²) < 4.78 is 18.2. The number of carbonyl (C=O) groups is 1. The summed E-state index contributed by atoms with van der Waals surface area (Å²) >= 11 is 6.74. The summed E-state index contributed by atoms with van der Waals surface area (Å²) in [5, 5.41) is 12.7. The van der Waals surface area contributed by atoms with E-state index in [4.69, 9.17) is 30.8 Å². The number of ether oxygens (including phenoxy) is 3. The van der Waals surface area contributed by atoms with Crippen molar-refractivity contribution in [2.24, 2.45) is 0 Å². The second-order valence-electron chi connectivity index (χ2n) is 9.83. The van der Waals surface area contributed by atoms with Gasteiger partial charge in [0.2, 0.25) is 0 Å². The quantitative estimate of drug-likeness (QED) is 0.405. The first-order valence-electron chi connectivity index (χ1n) is 12.5. The number of methoxy groups -OCH3 is 1. The maximum atomic E-state index is 13.5. The first-order valence-corrected chi connectivity index (χ1v) is 12.8. The van der Waals surface area contributed by atoms with Gasteiger partial charge in [0, 0.05) is 41.7 Å². The van der Waals surface area contributed by atoms with E-state index in [-0.39, 0.29) is 31.2 Å². The van der Waals surface area contributed by atoms with Crippen LogP contribution in [0.5, 0.6) is 0 Å². The Morgan fingerprint density at radius 1 is 1.22 bits per heavy atom. The summed E-state index contributed by atoms with van der Waals surface area (Å²) in [5.41, 5.74) is 2.75. The Hall–Kier alpha value is -2.82. The van der Waals surface area contributed by atoms with Crippen molar-refractivity contribution in [3.05, 3.63) is 61.9 Å². The molecule has 37 heavy (non-hydrogen) atoms. The molecule has 0 spiro atoms. The Kier molecular flexibility index (Phi) is 6.08. The maximum absolute atomic E-state index is 13.5. The SMILES string of the molecule is CCC1(O)CC(=O)OCc2c1cc1n(c2=O)Cc2cc3cc(C(OC)N4CCOCC4)c(Cl)cc3nc2-1. The average Bonchev–Trinajstić information content (AvgIpc) is 3.19. The molecule has 1 fully saturated rings. The van der Waals surface area contributed by atoms with E-state index in [1.807, 2.05) is 18.2 Å². The summed E-state index contributed by atoms with van der Waals surface area (Å²) in [6.45, 7) is 4.76. The molecule has 0 bridgehead atoms. The van der Waals surface area contributed by atoms with Gasteiger partial charge in [-0.05, 0) is 36.2 Å². The van der Waals surface area contributed by atoms with Crippen LogP contribution < -0.4 is 5.56 Å². The highest BCUT2D eigenvalue weighted by atomic mass is 35.5. The van der Waals surface area contributed by atoms with E-state index in [1.54, 1.807) is 24.7 Å². The van der Waals surface area contributed by atoms with E-state index in [0.717, 1.165) is 29.6 Å². The van der Waals surface area contributed by atoms with Gasteiger partial charge in [0.05, 0.1) is 48.6 Å². The zero-order chi connectivity index (χ0) is 25.9. The van der Waals surface area contributed by atoms with Crippen molar-refractivity contribution in [1.82, 2.24) is 14.5 Å². The fourth-order valence-corrected chi connectivity index (χ4v) is 5.95. The molecule has 0 amide bonds. The maximum Gasteiger partial charge on any atom is 0.309 e. The highest BCUT2D eigenvalue weighted by molar-refractivity contribution is 6.32. The van der Waals surface area contributed by atoms with Crippen LogP contribution in [0.25, 0.3) is 22.3 Å².